The van der Waals surface area contributed by atoms with Crippen LogP contribution in [-0.2, 0) is 14.8 Å². The zero-order valence-corrected chi connectivity index (χ0v) is 19.6. The molecule has 0 aromatic heterocycles. The van der Waals surface area contributed by atoms with Crippen LogP contribution in [-0.4, -0.2) is 74.6 Å². The van der Waals surface area contributed by atoms with E-state index in [2.05, 4.69) is 0 Å². The third-order valence-electron chi connectivity index (χ3n) is 5.42. The van der Waals surface area contributed by atoms with Gasteiger partial charge in [0.1, 0.15) is 5.82 Å². The van der Waals surface area contributed by atoms with Crippen LogP contribution in [0.3, 0.4) is 0 Å². The predicted octanol–water partition coefficient (Wildman–Crippen LogP) is 2.62. The number of halogens is 1. The number of carbonyl (C=O) groups is 1. The first-order chi connectivity index (χ1) is 15.1. The van der Waals surface area contributed by atoms with Gasteiger partial charge in [-0.05, 0) is 37.1 Å². The van der Waals surface area contributed by atoms with Crippen molar-refractivity contribution in [1.82, 2.24) is 9.21 Å². The smallest absolute Gasteiger partial charge is 0.256 e. The summed E-state index contributed by atoms with van der Waals surface area (Å²) in [6, 6.07) is 13.1. The fraction of sp³-hybridized carbons (Fsp3) is 0.435. The van der Waals surface area contributed by atoms with Crippen LogP contribution in [0.25, 0.3) is 0 Å². The van der Waals surface area contributed by atoms with E-state index < -0.39 is 33.9 Å². The molecule has 0 unspecified atom stereocenters. The van der Waals surface area contributed by atoms with E-state index in [1.54, 1.807) is 38.2 Å². The molecule has 0 aliphatic carbocycles. The van der Waals surface area contributed by atoms with Gasteiger partial charge in [-0.15, -0.1) is 0 Å². The lowest BCUT2D eigenvalue weighted by Gasteiger charge is -2.33. The second-order valence-electron chi connectivity index (χ2n) is 7.84. The minimum absolute atomic E-state index is 0.0420. The van der Waals surface area contributed by atoms with Crippen molar-refractivity contribution in [1.29, 1.82) is 0 Å². The van der Waals surface area contributed by atoms with Gasteiger partial charge in [-0.2, -0.15) is 4.31 Å². The number of ether oxygens (including phenoxy) is 1. The Balaban J connectivity index is 2.19. The molecule has 1 amide bonds. The summed E-state index contributed by atoms with van der Waals surface area (Å²) in [6.45, 7) is 3.30. The van der Waals surface area contributed by atoms with Crippen LogP contribution in [0.4, 0.5) is 4.39 Å². The number of aliphatic hydroxyl groups excluding tert-OH is 1. The van der Waals surface area contributed by atoms with E-state index in [1.165, 1.54) is 46.6 Å². The summed E-state index contributed by atoms with van der Waals surface area (Å²) in [6.07, 6.45) is -0.518. The molecule has 0 aliphatic heterocycles. The minimum Gasteiger partial charge on any atom is -0.395 e. The average molecular weight is 467 g/mol. The minimum atomic E-state index is -3.85. The van der Waals surface area contributed by atoms with E-state index in [0.717, 1.165) is 0 Å². The molecule has 2 rings (SSSR count). The number of rotatable bonds is 11. The summed E-state index contributed by atoms with van der Waals surface area (Å²) in [5.74, 6) is -1.43. The highest BCUT2D eigenvalue weighted by Gasteiger charge is 2.33. The maximum atomic E-state index is 14.0. The van der Waals surface area contributed by atoms with Crippen LogP contribution < -0.4 is 0 Å². The summed E-state index contributed by atoms with van der Waals surface area (Å²) in [5, 5.41) is 9.67. The van der Waals surface area contributed by atoms with Gasteiger partial charge in [-0.25, -0.2) is 12.8 Å². The van der Waals surface area contributed by atoms with Gasteiger partial charge < -0.3 is 14.7 Å². The molecule has 0 radical (unpaired) electrons. The lowest BCUT2D eigenvalue weighted by Crippen LogP contribution is -2.47. The van der Waals surface area contributed by atoms with E-state index in [4.69, 9.17) is 4.74 Å². The molecule has 0 aliphatic rings. The van der Waals surface area contributed by atoms with Gasteiger partial charge >= 0.3 is 0 Å². The van der Waals surface area contributed by atoms with Crippen LogP contribution in [0.1, 0.15) is 24.2 Å². The van der Waals surface area contributed by atoms with Crippen molar-refractivity contribution in [3.63, 3.8) is 0 Å². The molecule has 7 nitrogen and oxygen atoms in total. The van der Waals surface area contributed by atoms with Gasteiger partial charge in [-0.1, -0.05) is 37.3 Å². The zero-order chi connectivity index (χ0) is 23.9. The summed E-state index contributed by atoms with van der Waals surface area (Å²) in [4.78, 5) is 14.1. The van der Waals surface area contributed by atoms with Crippen LogP contribution in [0.2, 0.25) is 0 Å². The monoisotopic (exact) mass is 466 g/mol. The van der Waals surface area contributed by atoms with E-state index >= 15 is 0 Å². The number of benzene rings is 2. The van der Waals surface area contributed by atoms with Gasteiger partial charge in [-0.3, -0.25) is 4.79 Å². The lowest BCUT2D eigenvalue weighted by molar-refractivity contribution is 0.0220. The Hall–Kier alpha value is -2.33. The SMILES string of the molecule is CO[C@@H](CN(C)C(=O)c1ccccc1F)[C@H](C)CN([C@H](C)CO)S(=O)(=O)c1ccccc1. The molecular weight excluding hydrogens is 435 g/mol. The molecule has 0 bridgehead atoms. The average Bonchev–Trinajstić information content (AvgIpc) is 2.80. The number of carbonyl (C=O) groups excluding carboxylic acids is 1. The molecule has 0 spiro atoms. The molecule has 32 heavy (non-hydrogen) atoms. The van der Waals surface area contributed by atoms with Gasteiger partial charge in [0, 0.05) is 33.3 Å². The molecule has 1 N–H and O–H groups in total. The molecule has 0 saturated carbocycles. The number of nitrogens with zero attached hydrogens (tertiary/aromatic N) is 2. The topological polar surface area (TPSA) is 87.2 Å². The maximum absolute atomic E-state index is 14.0. The Morgan fingerprint density at radius 2 is 1.66 bits per heavy atom. The third-order valence-corrected chi connectivity index (χ3v) is 7.41. The second-order valence-corrected chi connectivity index (χ2v) is 9.73. The Labute approximate surface area is 189 Å². The zero-order valence-electron chi connectivity index (χ0n) is 18.8. The number of methoxy groups -OCH3 is 1. The highest BCUT2D eigenvalue weighted by molar-refractivity contribution is 7.89. The predicted molar refractivity (Wildman–Crippen MR) is 120 cm³/mol. The summed E-state index contributed by atoms with van der Waals surface area (Å²) in [7, 11) is -0.831. The molecule has 0 heterocycles. The lowest BCUT2D eigenvalue weighted by atomic mass is 10.0. The molecule has 9 heteroatoms. The Bertz CT molecular complexity index is 987. The van der Waals surface area contributed by atoms with Crippen LogP contribution >= 0.6 is 0 Å². The molecule has 0 saturated heterocycles. The van der Waals surface area contributed by atoms with Gasteiger partial charge in [0.2, 0.25) is 10.0 Å². The van der Waals surface area contributed by atoms with Crippen molar-refractivity contribution in [2.75, 3.05) is 33.9 Å². The van der Waals surface area contributed by atoms with Crippen LogP contribution in [0.5, 0.6) is 0 Å². The summed E-state index contributed by atoms with van der Waals surface area (Å²) in [5.41, 5.74) is -0.0420. The van der Waals surface area contributed by atoms with E-state index in [0.29, 0.717) is 0 Å². The van der Waals surface area contributed by atoms with E-state index in [1.807, 2.05) is 6.92 Å². The molecule has 2 aromatic rings. The normalized spacial score (nSPS) is 14.7. The fourth-order valence-electron chi connectivity index (χ4n) is 3.42. The quantitative estimate of drug-likeness (QED) is 0.550. The number of hydrogen-bond donors (Lipinski definition) is 1. The van der Waals surface area contributed by atoms with Crippen molar-refractivity contribution >= 4 is 15.9 Å². The van der Waals surface area contributed by atoms with Crippen molar-refractivity contribution in [3.05, 3.63) is 66.0 Å². The number of hydrogen-bond acceptors (Lipinski definition) is 5. The van der Waals surface area contributed by atoms with Crippen molar-refractivity contribution < 1.29 is 27.4 Å². The first-order valence-electron chi connectivity index (χ1n) is 10.3. The standard InChI is InChI=1S/C23H31FN2O5S/c1-17(14-26(18(2)16-27)32(29,30)19-10-6-5-7-11-19)22(31-4)15-25(3)23(28)20-12-8-9-13-21(20)24/h5-13,17-18,22,27H,14-16H2,1-4H3/t17-,18-,22+/m1/s1. The second kappa shape index (κ2) is 11.5. The van der Waals surface area contributed by atoms with Crippen LogP contribution in [0.15, 0.2) is 59.5 Å². The largest absolute Gasteiger partial charge is 0.395 e. The number of amides is 1. The summed E-state index contributed by atoms with van der Waals surface area (Å²) < 4.78 is 47.2. The Morgan fingerprint density at radius 1 is 1.06 bits per heavy atom. The van der Waals surface area contributed by atoms with Crippen molar-refractivity contribution in [2.45, 2.75) is 30.9 Å². The number of likely N-dealkylation sites (N-methyl/N-ethyl adjacent to an activating group) is 1. The summed E-state index contributed by atoms with van der Waals surface area (Å²) >= 11 is 0. The number of aliphatic hydroxyl groups is 1. The number of sulfonamides is 1. The molecule has 176 valence electrons. The van der Waals surface area contributed by atoms with Gasteiger partial charge in [0.05, 0.1) is 23.2 Å². The van der Waals surface area contributed by atoms with Gasteiger partial charge in [0.15, 0.2) is 0 Å². The fourth-order valence-corrected chi connectivity index (χ4v) is 5.16. The Morgan fingerprint density at radius 3 is 2.22 bits per heavy atom. The highest BCUT2D eigenvalue weighted by Crippen LogP contribution is 2.22. The molecule has 3 atom stereocenters. The van der Waals surface area contributed by atoms with Gasteiger partial charge in [0.25, 0.3) is 5.91 Å². The molecular formula is C23H31FN2O5S. The molecule has 0 fully saturated rings. The maximum Gasteiger partial charge on any atom is 0.256 e. The van der Waals surface area contributed by atoms with Crippen molar-refractivity contribution in [3.8, 4) is 0 Å². The Kier molecular flexibility index (Phi) is 9.33. The first-order valence-corrected chi connectivity index (χ1v) is 11.8. The first kappa shape index (κ1) is 25.9. The molecule has 2 aromatic carbocycles. The third kappa shape index (κ3) is 6.13. The van der Waals surface area contributed by atoms with E-state index in [-0.39, 0.29) is 36.1 Å². The van der Waals surface area contributed by atoms with Crippen molar-refractivity contribution in [2.24, 2.45) is 5.92 Å². The highest BCUT2D eigenvalue weighted by atomic mass is 32.2. The van der Waals surface area contributed by atoms with E-state index in [9.17, 15) is 22.7 Å². The van der Waals surface area contributed by atoms with Crippen LogP contribution in [0, 0.1) is 11.7 Å².